The largest absolute Gasteiger partial charge is 0.339 e. The van der Waals surface area contributed by atoms with Gasteiger partial charge in [0.15, 0.2) is 6.33 Å². The number of benzene rings is 2. The Morgan fingerprint density at radius 2 is 1.62 bits per heavy atom. The zero-order valence-electron chi connectivity index (χ0n) is 18.2. The number of fused-ring (bicyclic) bond motifs is 1. The molecule has 0 amide bonds. The summed E-state index contributed by atoms with van der Waals surface area (Å²) in [5.41, 5.74) is 9.32. The van der Waals surface area contributed by atoms with Gasteiger partial charge in [-0.05, 0) is 69.5 Å². The van der Waals surface area contributed by atoms with E-state index < -0.39 is 0 Å². The van der Waals surface area contributed by atoms with Gasteiger partial charge in [0, 0.05) is 0 Å². The number of aryl methyl sites for hydroxylation is 1. The molecule has 3 aromatic rings. The van der Waals surface area contributed by atoms with Gasteiger partial charge in [0.05, 0.1) is 6.42 Å². The van der Waals surface area contributed by atoms with Crippen molar-refractivity contribution in [2.75, 3.05) is 0 Å². The minimum atomic E-state index is 0.196. The molecule has 1 aromatic heterocycles. The minimum Gasteiger partial charge on any atom is -0.339 e. The van der Waals surface area contributed by atoms with Crippen LogP contribution in [0.2, 0.25) is 0 Å². The standard InChI is InChI=1S/C26H30N2O/c1-17-13-22-23(26(5,6)12-11-25(22,3)4)15-21(17)18(2)20-9-7-19(8-10-20)14-24-27-16-28-29-24/h7-10,13,15-16H,2,11-12,14H2,1,3-6H3. The van der Waals surface area contributed by atoms with E-state index in [1.54, 1.807) is 0 Å². The van der Waals surface area contributed by atoms with E-state index in [0.29, 0.717) is 12.3 Å². The molecule has 0 aliphatic heterocycles. The second kappa shape index (κ2) is 6.98. The van der Waals surface area contributed by atoms with Crippen molar-refractivity contribution < 1.29 is 4.52 Å². The van der Waals surface area contributed by atoms with Gasteiger partial charge >= 0.3 is 0 Å². The highest BCUT2D eigenvalue weighted by molar-refractivity contribution is 5.80. The lowest BCUT2D eigenvalue weighted by molar-refractivity contribution is 0.331. The van der Waals surface area contributed by atoms with Crippen LogP contribution in [0.3, 0.4) is 0 Å². The van der Waals surface area contributed by atoms with Crippen molar-refractivity contribution in [3.05, 3.63) is 88.6 Å². The highest BCUT2D eigenvalue weighted by atomic mass is 16.5. The molecule has 0 bridgehead atoms. The molecule has 1 aliphatic rings. The molecule has 0 radical (unpaired) electrons. The molecule has 0 saturated carbocycles. The van der Waals surface area contributed by atoms with Gasteiger partial charge in [0.2, 0.25) is 5.89 Å². The third kappa shape index (κ3) is 3.66. The van der Waals surface area contributed by atoms with Crippen molar-refractivity contribution in [2.45, 2.75) is 64.7 Å². The molecule has 2 aromatic carbocycles. The van der Waals surface area contributed by atoms with E-state index in [9.17, 15) is 0 Å². The zero-order valence-corrected chi connectivity index (χ0v) is 18.2. The molecule has 150 valence electrons. The molecule has 1 heterocycles. The molecule has 0 N–H and O–H groups in total. The first-order valence-electron chi connectivity index (χ1n) is 10.4. The second-order valence-electron chi connectivity index (χ2n) is 9.67. The molecule has 0 fully saturated rings. The number of rotatable bonds is 4. The average molecular weight is 387 g/mol. The van der Waals surface area contributed by atoms with Gasteiger partial charge in [0.25, 0.3) is 0 Å². The number of nitrogens with zero attached hydrogens (tertiary/aromatic N) is 2. The van der Waals surface area contributed by atoms with Crippen LogP contribution in [0.5, 0.6) is 0 Å². The van der Waals surface area contributed by atoms with Crippen LogP contribution in [0.15, 0.2) is 53.8 Å². The number of hydrogen-bond donors (Lipinski definition) is 0. The van der Waals surface area contributed by atoms with E-state index >= 15 is 0 Å². The molecular weight excluding hydrogens is 356 g/mol. The van der Waals surface area contributed by atoms with Gasteiger partial charge in [-0.3, -0.25) is 0 Å². The maximum atomic E-state index is 5.11. The Hall–Kier alpha value is -2.68. The van der Waals surface area contributed by atoms with Crippen molar-refractivity contribution in [3.63, 3.8) is 0 Å². The first kappa shape index (κ1) is 19.6. The molecule has 4 rings (SSSR count). The third-order valence-electron chi connectivity index (χ3n) is 6.59. The SMILES string of the molecule is C=C(c1ccc(Cc2ncno2)cc1)c1cc2c(cc1C)C(C)(C)CCC2(C)C. The van der Waals surface area contributed by atoms with Crippen molar-refractivity contribution in [3.8, 4) is 0 Å². The zero-order chi connectivity index (χ0) is 20.8. The van der Waals surface area contributed by atoms with Gasteiger partial charge in [-0.1, -0.05) is 75.8 Å². The highest BCUT2D eigenvalue weighted by Gasteiger charge is 2.37. The van der Waals surface area contributed by atoms with E-state index in [-0.39, 0.29) is 10.8 Å². The second-order valence-corrected chi connectivity index (χ2v) is 9.67. The van der Waals surface area contributed by atoms with Gasteiger partial charge in [0.1, 0.15) is 0 Å². The van der Waals surface area contributed by atoms with Crippen LogP contribution in [0.4, 0.5) is 0 Å². The third-order valence-corrected chi connectivity index (χ3v) is 6.59. The van der Waals surface area contributed by atoms with Crippen LogP contribution in [0.25, 0.3) is 5.57 Å². The molecule has 3 nitrogen and oxygen atoms in total. The van der Waals surface area contributed by atoms with Crippen LogP contribution < -0.4 is 0 Å². The Bertz CT molecular complexity index is 1040. The van der Waals surface area contributed by atoms with Crippen molar-refractivity contribution in [1.82, 2.24) is 10.1 Å². The molecule has 0 atom stereocenters. The minimum absolute atomic E-state index is 0.196. The predicted molar refractivity (Wildman–Crippen MR) is 118 cm³/mol. The first-order chi connectivity index (χ1) is 13.7. The lowest BCUT2D eigenvalue weighted by atomic mass is 9.62. The van der Waals surface area contributed by atoms with E-state index in [1.165, 1.54) is 41.4 Å². The van der Waals surface area contributed by atoms with Crippen molar-refractivity contribution in [2.24, 2.45) is 0 Å². The average Bonchev–Trinajstić information content (AvgIpc) is 3.18. The van der Waals surface area contributed by atoms with E-state index in [1.807, 2.05) is 0 Å². The summed E-state index contributed by atoms with van der Waals surface area (Å²) < 4.78 is 5.11. The summed E-state index contributed by atoms with van der Waals surface area (Å²) in [5.74, 6) is 0.631. The summed E-state index contributed by atoms with van der Waals surface area (Å²) in [6, 6.07) is 13.3. The Balaban J connectivity index is 1.67. The monoisotopic (exact) mass is 386 g/mol. The summed E-state index contributed by atoms with van der Waals surface area (Å²) in [6.07, 6.45) is 4.53. The normalized spacial score (nSPS) is 17.0. The fraction of sp³-hybridized carbons (Fsp3) is 0.385. The Morgan fingerprint density at radius 1 is 1.00 bits per heavy atom. The van der Waals surface area contributed by atoms with E-state index in [0.717, 1.165) is 16.7 Å². The van der Waals surface area contributed by atoms with Crippen LogP contribution in [0, 0.1) is 6.92 Å². The molecule has 0 unspecified atom stereocenters. The lowest BCUT2D eigenvalue weighted by Crippen LogP contribution is -2.34. The van der Waals surface area contributed by atoms with Crippen molar-refractivity contribution >= 4 is 5.57 Å². The molecular formula is C26H30N2O. The summed E-state index contributed by atoms with van der Waals surface area (Å²) >= 11 is 0. The number of hydrogen-bond acceptors (Lipinski definition) is 3. The summed E-state index contributed by atoms with van der Waals surface area (Å²) in [6.45, 7) is 16.1. The van der Waals surface area contributed by atoms with Crippen molar-refractivity contribution in [1.29, 1.82) is 0 Å². The maximum Gasteiger partial charge on any atom is 0.230 e. The highest BCUT2D eigenvalue weighted by Crippen LogP contribution is 2.47. The topological polar surface area (TPSA) is 38.9 Å². The predicted octanol–water partition coefficient (Wildman–Crippen LogP) is 6.38. The van der Waals surface area contributed by atoms with Gasteiger partial charge in [-0.2, -0.15) is 4.98 Å². The van der Waals surface area contributed by atoms with Crippen LogP contribution in [-0.4, -0.2) is 10.1 Å². The molecule has 3 heteroatoms. The Kier molecular flexibility index (Phi) is 4.72. The van der Waals surface area contributed by atoms with Gasteiger partial charge < -0.3 is 4.52 Å². The number of aromatic nitrogens is 2. The van der Waals surface area contributed by atoms with E-state index in [2.05, 4.69) is 87.7 Å². The summed E-state index contributed by atoms with van der Waals surface area (Å²) in [5, 5.41) is 3.67. The van der Waals surface area contributed by atoms with Crippen LogP contribution in [0.1, 0.15) is 79.8 Å². The summed E-state index contributed by atoms with van der Waals surface area (Å²) in [4.78, 5) is 4.10. The first-order valence-corrected chi connectivity index (χ1v) is 10.4. The van der Waals surface area contributed by atoms with E-state index in [4.69, 9.17) is 4.52 Å². The van der Waals surface area contributed by atoms with Crippen LogP contribution >= 0.6 is 0 Å². The fourth-order valence-corrected chi connectivity index (χ4v) is 4.48. The van der Waals surface area contributed by atoms with Gasteiger partial charge in [-0.15, -0.1) is 0 Å². The van der Waals surface area contributed by atoms with Gasteiger partial charge in [-0.25, -0.2) is 0 Å². The fourth-order valence-electron chi connectivity index (χ4n) is 4.48. The van der Waals surface area contributed by atoms with Crippen LogP contribution in [-0.2, 0) is 17.3 Å². The molecule has 0 spiro atoms. The molecule has 29 heavy (non-hydrogen) atoms. The quantitative estimate of drug-likeness (QED) is 0.522. The Labute approximate surface area is 173 Å². The molecule has 0 saturated heterocycles. The maximum absolute atomic E-state index is 5.11. The molecule has 1 aliphatic carbocycles. The Morgan fingerprint density at radius 3 is 2.21 bits per heavy atom. The lowest BCUT2D eigenvalue weighted by Gasteiger charge is -2.42. The summed E-state index contributed by atoms with van der Waals surface area (Å²) in [7, 11) is 0. The smallest absolute Gasteiger partial charge is 0.230 e.